The van der Waals surface area contributed by atoms with E-state index in [1.165, 1.54) is 21.2 Å². The van der Waals surface area contributed by atoms with E-state index in [0.717, 1.165) is 28.9 Å². The van der Waals surface area contributed by atoms with Crippen molar-refractivity contribution < 1.29 is 5.11 Å². The van der Waals surface area contributed by atoms with Gasteiger partial charge in [-0.3, -0.25) is 4.99 Å². The van der Waals surface area contributed by atoms with E-state index in [2.05, 4.69) is 40.4 Å². The fraction of sp³-hybridized carbons (Fsp3) is 0.267. The molecule has 0 unspecified atom stereocenters. The van der Waals surface area contributed by atoms with E-state index in [4.69, 9.17) is 0 Å². The number of thioether (sulfide) groups is 1. The van der Waals surface area contributed by atoms with Gasteiger partial charge in [-0.25, -0.2) is 0 Å². The quantitative estimate of drug-likeness (QED) is 0.924. The lowest BCUT2D eigenvalue weighted by atomic mass is 10.0. The Kier molecular flexibility index (Phi) is 2.87. The molecule has 0 saturated carbocycles. The number of benzene rings is 1. The molecule has 2 aromatic rings. The summed E-state index contributed by atoms with van der Waals surface area (Å²) in [5, 5.41) is 14.1. The summed E-state index contributed by atoms with van der Waals surface area (Å²) in [6.07, 6.45) is 0. The van der Waals surface area contributed by atoms with Gasteiger partial charge in [0.15, 0.2) is 5.17 Å². The van der Waals surface area contributed by atoms with Crippen LogP contribution in [-0.2, 0) is 0 Å². The highest BCUT2D eigenvalue weighted by molar-refractivity contribution is 8.17. The lowest BCUT2D eigenvalue weighted by molar-refractivity contribution is 0.339. The number of amidine groups is 1. The van der Waals surface area contributed by atoms with E-state index in [1.54, 1.807) is 23.1 Å². The average molecular weight is 302 g/mol. The second kappa shape index (κ2) is 4.62. The van der Waals surface area contributed by atoms with Crippen molar-refractivity contribution in [2.45, 2.75) is 6.92 Å². The fourth-order valence-electron chi connectivity index (χ4n) is 2.84. The molecule has 0 radical (unpaired) electrons. The fourth-order valence-corrected chi connectivity index (χ4v) is 4.79. The first-order valence-corrected chi connectivity index (χ1v) is 8.30. The van der Waals surface area contributed by atoms with Gasteiger partial charge in [-0.1, -0.05) is 23.9 Å². The molecular weight excluding hydrogens is 288 g/mol. The van der Waals surface area contributed by atoms with E-state index in [1.807, 2.05) is 0 Å². The van der Waals surface area contributed by atoms with E-state index in [-0.39, 0.29) is 6.61 Å². The molecule has 2 aliphatic heterocycles. The van der Waals surface area contributed by atoms with Crippen molar-refractivity contribution in [3.63, 3.8) is 0 Å². The highest BCUT2D eigenvalue weighted by atomic mass is 32.2. The van der Waals surface area contributed by atoms with Crippen molar-refractivity contribution in [3.05, 3.63) is 39.6 Å². The van der Waals surface area contributed by atoms with Crippen LogP contribution in [-0.4, -0.2) is 34.9 Å². The van der Waals surface area contributed by atoms with Crippen molar-refractivity contribution >= 4 is 44.0 Å². The molecule has 4 rings (SSSR count). The maximum atomic E-state index is 9.67. The number of fused-ring (bicyclic) bond motifs is 2. The minimum Gasteiger partial charge on any atom is -0.391 e. The maximum Gasteiger partial charge on any atom is 0.168 e. The number of aryl methyl sites for hydroxylation is 1. The van der Waals surface area contributed by atoms with Crippen molar-refractivity contribution in [2.24, 2.45) is 4.99 Å². The molecule has 1 aromatic carbocycles. The summed E-state index contributed by atoms with van der Waals surface area (Å²) in [6.45, 7) is 4.00. The van der Waals surface area contributed by atoms with Crippen LogP contribution in [0.1, 0.15) is 11.1 Å². The molecule has 0 amide bonds. The number of hydrogen-bond acceptors (Lipinski definition) is 5. The molecule has 5 heteroatoms. The van der Waals surface area contributed by atoms with Gasteiger partial charge in [-0.05, 0) is 23.9 Å². The second-order valence-electron chi connectivity index (χ2n) is 4.94. The van der Waals surface area contributed by atoms with Gasteiger partial charge in [-0.15, -0.1) is 11.3 Å². The molecule has 3 heterocycles. The number of nitrogens with zero attached hydrogens (tertiary/aromatic N) is 2. The Bertz CT molecular complexity index is 760. The van der Waals surface area contributed by atoms with Crippen LogP contribution in [0.2, 0.25) is 0 Å². The molecule has 0 fully saturated rings. The Hall–Kier alpha value is -1.30. The SMILES string of the molecule is Cc1ccc(C2=C(CO)SC3=NCCN32)c2ccsc12. The smallest absolute Gasteiger partial charge is 0.168 e. The number of aliphatic hydroxyl groups is 1. The second-order valence-corrected chi connectivity index (χ2v) is 6.92. The number of aliphatic hydroxyl groups excluding tert-OH is 1. The summed E-state index contributed by atoms with van der Waals surface area (Å²) in [6, 6.07) is 6.53. The molecule has 102 valence electrons. The topological polar surface area (TPSA) is 35.8 Å². The first-order valence-electron chi connectivity index (χ1n) is 6.60. The molecule has 0 spiro atoms. The summed E-state index contributed by atoms with van der Waals surface area (Å²) >= 11 is 3.39. The van der Waals surface area contributed by atoms with Crippen molar-refractivity contribution in [3.8, 4) is 0 Å². The third-order valence-electron chi connectivity index (χ3n) is 3.76. The Morgan fingerprint density at radius 3 is 3.10 bits per heavy atom. The Labute approximate surface area is 125 Å². The van der Waals surface area contributed by atoms with Crippen LogP contribution in [0.15, 0.2) is 33.5 Å². The third kappa shape index (κ3) is 1.67. The normalized spacial score (nSPS) is 18.1. The van der Waals surface area contributed by atoms with E-state index in [0.29, 0.717) is 0 Å². The molecule has 1 aromatic heterocycles. The minimum atomic E-state index is 0.0784. The van der Waals surface area contributed by atoms with E-state index >= 15 is 0 Å². The van der Waals surface area contributed by atoms with Gasteiger partial charge in [0, 0.05) is 27.1 Å². The molecule has 3 nitrogen and oxygen atoms in total. The Morgan fingerprint density at radius 1 is 1.35 bits per heavy atom. The Balaban J connectivity index is 1.96. The average Bonchev–Trinajstić information content (AvgIpc) is 3.14. The molecule has 2 aliphatic rings. The van der Waals surface area contributed by atoms with Gasteiger partial charge in [0.05, 0.1) is 18.8 Å². The van der Waals surface area contributed by atoms with Crippen LogP contribution in [0.25, 0.3) is 15.8 Å². The van der Waals surface area contributed by atoms with Crippen LogP contribution in [0.3, 0.4) is 0 Å². The number of hydrogen-bond donors (Lipinski definition) is 1. The summed E-state index contributed by atoms with van der Waals surface area (Å²) in [7, 11) is 0. The van der Waals surface area contributed by atoms with Crippen LogP contribution < -0.4 is 0 Å². The first-order chi connectivity index (χ1) is 9.79. The molecule has 20 heavy (non-hydrogen) atoms. The zero-order chi connectivity index (χ0) is 13.7. The molecule has 0 atom stereocenters. The monoisotopic (exact) mass is 302 g/mol. The van der Waals surface area contributed by atoms with Gasteiger partial charge in [0.25, 0.3) is 0 Å². The molecular formula is C15H14N2OS2. The van der Waals surface area contributed by atoms with Gasteiger partial charge < -0.3 is 10.0 Å². The highest BCUT2D eigenvalue weighted by Gasteiger charge is 2.33. The van der Waals surface area contributed by atoms with Gasteiger partial charge in [0.2, 0.25) is 0 Å². The summed E-state index contributed by atoms with van der Waals surface area (Å²) in [4.78, 5) is 7.77. The molecule has 1 N–H and O–H groups in total. The van der Waals surface area contributed by atoms with Crippen molar-refractivity contribution in [1.82, 2.24) is 4.90 Å². The number of thiophene rings is 1. The van der Waals surface area contributed by atoms with Crippen LogP contribution >= 0.6 is 23.1 Å². The minimum absolute atomic E-state index is 0.0784. The predicted octanol–water partition coefficient (Wildman–Crippen LogP) is 3.29. The van der Waals surface area contributed by atoms with E-state index in [9.17, 15) is 5.11 Å². The van der Waals surface area contributed by atoms with Crippen molar-refractivity contribution in [1.29, 1.82) is 0 Å². The molecule has 0 aliphatic carbocycles. The number of aliphatic imine (C=N–C) groups is 1. The summed E-state index contributed by atoms with van der Waals surface area (Å²) in [5.41, 5.74) is 3.68. The number of rotatable bonds is 2. The van der Waals surface area contributed by atoms with Gasteiger partial charge in [-0.2, -0.15) is 0 Å². The maximum absolute atomic E-state index is 9.67. The Morgan fingerprint density at radius 2 is 2.25 bits per heavy atom. The summed E-state index contributed by atoms with van der Waals surface area (Å²) < 4.78 is 1.34. The van der Waals surface area contributed by atoms with Gasteiger partial charge >= 0.3 is 0 Å². The largest absolute Gasteiger partial charge is 0.391 e. The van der Waals surface area contributed by atoms with Gasteiger partial charge in [0.1, 0.15) is 0 Å². The lowest BCUT2D eigenvalue weighted by Crippen LogP contribution is -2.20. The van der Waals surface area contributed by atoms with E-state index < -0.39 is 0 Å². The molecule has 0 bridgehead atoms. The van der Waals surface area contributed by atoms with Crippen LogP contribution in [0.4, 0.5) is 0 Å². The van der Waals surface area contributed by atoms with Crippen LogP contribution in [0, 0.1) is 6.92 Å². The zero-order valence-electron chi connectivity index (χ0n) is 11.1. The predicted molar refractivity (Wildman–Crippen MR) is 87.2 cm³/mol. The van der Waals surface area contributed by atoms with Crippen molar-refractivity contribution in [2.75, 3.05) is 19.7 Å². The standard InChI is InChI=1S/C15H14N2OS2/c1-9-2-3-10(11-4-7-19-14(9)11)13-12(8-18)20-15-16-5-6-17(13)15/h2-4,7,18H,5-6,8H2,1H3. The summed E-state index contributed by atoms with van der Waals surface area (Å²) in [5.74, 6) is 0. The molecule has 0 saturated heterocycles. The lowest BCUT2D eigenvalue weighted by Gasteiger charge is -2.18. The zero-order valence-corrected chi connectivity index (χ0v) is 12.7. The highest BCUT2D eigenvalue weighted by Crippen LogP contribution is 2.44. The first kappa shape index (κ1) is 12.4. The third-order valence-corrected chi connectivity index (χ3v) is 5.91. The van der Waals surface area contributed by atoms with Crippen LogP contribution in [0.5, 0.6) is 0 Å².